The van der Waals surface area contributed by atoms with Crippen LogP contribution in [0, 0.1) is 0 Å². The van der Waals surface area contributed by atoms with Crippen molar-refractivity contribution in [2.45, 2.75) is 32.1 Å². The summed E-state index contributed by atoms with van der Waals surface area (Å²) in [7, 11) is 1.69. The highest BCUT2D eigenvalue weighted by molar-refractivity contribution is 6.42. The number of rotatable bonds is 5. The summed E-state index contributed by atoms with van der Waals surface area (Å²) in [6.45, 7) is 0.956. The first-order chi connectivity index (χ1) is 13.7. The average Bonchev–Trinajstić information content (AvgIpc) is 2.88. The summed E-state index contributed by atoms with van der Waals surface area (Å²) < 4.78 is 7.22. The number of nitrogens with zero attached hydrogens (tertiary/aromatic N) is 2. The Morgan fingerprint density at radius 1 is 1.04 bits per heavy atom. The Kier molecular flexibility index (Phi) is 5.79. The number of aromatic nitrogens is 2. The molecule has 0 bridgehead atoms. The Morgan fingerprint density at radius 3 is 2.61 bits per heavy atom. The standard InChI is InChI=1S/C22H23Cl2N3O/c1-28-17-9-5-15(6-10-17)7-12-21-18-4-2-3-13-25-22(18)27(26-21)16-8-11-19(23)20(24)14-16/h5-6,8-11,14,25H,2-4,7,12-13H2,1H3. The maximum atomic E-state index is 6.25. The Balaban J connectivity index is 1.64. The number of hydrogen-bond donors (Lipinski definition) is 1. The molecule has 1 aliphatic rings. The van der Waals surface area contributed by atoms with Crippen LogP contribution in [0.25, 0.3) is 5.69 Å². The van der Waals surface area contributed by atoms with Crippen LogP contribution in [0.1, 0.15) is 29.7 Å². The number of fused-ring (bicyclic) bond motifs is 1. The largest absolute Gasteiger partial charge is 0.497 e. The fourth-order valence-electron chi connectivity index (χ4n) is 3.63. The summed E-state index contributed by atoms with van der Waals surface area (Å²) in [6.07, 6.45) is 5.21. The van der Waals surface area contributed by atoms with E-state index >= 15 is 0 Å². The van der Waals surface area contributed by atoms with E-state index in [1.165, 1.54) is 17.5 Å². The van der Waals surface area contributed by atoms with E-state index in [9.17, 15) is 0 Å². The number of ether oxygens (including phenoxy) is 1. The normalized spacial score (nSPS) is 13.5. The van der Waals surface area contributed by atoms with Gasteiger partial charge in [0.2, 0.25) is 0 Å². The summed E-state index contributed by atoms with van der Waals surface area (Å²) in [5, 5.41) is 9.61. The summed E-state index contributed by atoms with van der Waals surface area (Å²) in [6, 6.07) is 13.9. The quantitative estimate of drug-likeness (QED) is 0.578. The zero-order chi connectivity index (χ0) is 19.5. The van der Waals surface area contributed by atoms with Crippen molar-refractivity contribution in [3.05, 3.63) is 69.3 Å². The molecule has 0 spiro atoms. The summed E-state index contributed by atoms with van der Waals surface area (Å²) in [5.41, 5.74) is 4.67. The molecule has 1 aromatic heterocycles. The van der Waals surface area contributed by atoms with E-state index in [1.54, 1.807) is 7.11 Å². The fourth-order valence-corrected chi connectivity index (χ4v) is 3.93. The third-order valence-corrected chi connectivity index (χ3v) is 5.91. The van der Waals surface area contributed by atoms with Crippen LogP contribution in [-0.2, 0) is 19.3 Å². The Bertz CT molecular complexity index is 967. The Hall–Kier alpha value is -2.17. The third kappa shape index (κ3) is 3.98. The predicted octanol–water partition coefficient (Wildman–Crippen LogP) is 5.72. The van der Waals surface area contributed by atoms with Crippen LogP contribution in [0.3, 0.4) is 0 Å². The van der Waals surface area contributed by atoms with Crippen molar-refractivity contribution in [1.82, 2.24) is 9.78 Å². The third-order valence-electron chi connectivity index (χ3n) is 5.17. The van der Waals surface area contributed by atoms with Crippen molar-refractivity contribution in [2.24, 2.45) is 0 Å². The monoisotopic (exact) mass is 415 g/mol. The number of aryl methyl sites for hydroxylation is 2. The van der Waals surface area contributed by atoms with Gasteiger partial charge >= 0.3 is 0 Å². The number of anilines is 1. The lowest BCUT2D eigenvalue weighted by atomic mass is 10.0. The zero-order valence-electron chi connectivity index (χ0n) is 15.8. The zero-order valence-corrected chi connectivity index (χ0v) is 17.4. The summed E-state index contributed by atoms with van der Waals surface area (Å²) in [5.74, 6) is 1.96. The molecule has 1 N–H and O–H groups in total. The van der Waals surface area contributed by atoms with Crippen LogP contribution >= 0.6 is 23.2 Å². The van der Waals surface area contributed by atoms with Gasteiger partial charge in [-0.1, -0.05) is 35.3 Å². The molecule has 0 fully saturated rings. The van der Waals surface area contributed by atoms with Gasteiger partial charge in [0, 0.05) is 12.1 Å². The Morgan fingerprint density at radius 2 is 1.86 bits per heavy atom. The molecule has 146 valence electrons. The topological polar surface area (TPSA) is 39.1 Å². The van der Waals surface area contributed by atoms with Gasteiger partial charge in [0.25, 0.3) is 0 Å². The van der Waals surface area contributed by atoms with Gasteiger partial charge in [0.05, 0.1) is 28.5 Å². The number of methoxy groups -OCH3 is 1. The van der Waals surface area contributed by atoms with Gasteiger partial charge in [-0.2, -0.15) is 5.10 Å². The van der Waals surface area contributed by atoms with Gasteiger partial charge < -0.3 is 10.1 Å². The average molecular weight is 416 g/mol. The van der Waals surface area contributed by atoms with Gasteiger partial charge in [-0.25, -0.2) is 4.68 Å². The van der Waals surface area contributed by atoms with Crippen LogP contribution in [0.15, 0.2) is 42.5 Å². The molecule has 6 heteroatoms. The number of hydrogen-bond acceptors (Lipinski definition) is 3. The molecule has 2 heterocycles. The van der Waals surface area contributed by atoms with Crippen LogP contribution in [-0.4, -0.2) is 23.4 Å². The predicted molar refractivity (Wildman–Crippen MR) is 115 cm³/mol. The summed E-state index contributed by atoms with van der Waals surface area (Å²) in [4.78, 5) is 0. The second kappa shape index (κ2) is 8.46. The molecule has 28 heavy (non-hydrogen) atoms. The summed E-state index contributed by atoms with van der Waals surface area (Å²) >= 11 is 12.3. The lowest BCUT2D eigenvalue weighted by Crippen LogP contribution is -2.07. The number of halogens is 2. The minimum Gasteiger partial charge on any atom is -0.497 e. The van der Waals surface area contributed by atoms with E-state index in [4.69, 9.17) is 33.0 Å². The van der Waals surface area contributed by atoms with E-state index in [0.29, 0.717) is 10.0 Å². The molecule has 0 saturated carbocycles. The van der Waals surface area contributed by atoms with Crippen molar-refractivity contribution in [2.75, 3.05) is 19.0 Å². The highest BCUT2D eigenvalue weighted by Crippen LogP contribution is 2.31. The van der Waals surface area contributed by atoms with Crippen molar-refractivity contribution >= 4 is 29.0 Å². The van der Waals surface area contributed by atoms with Crippen molar-refractivity contribution in [3.8, 4) is 11.4 Å². The Labute approximate surface area is 175 Å². The highest BCUT2D eigenvalue weighted by atomic mass is 35.5. The minimum absolute atomic E-state index is 0.539. The van der Waals surface area contributed by atoms with Gasteiger partial charge in [-0.15, -0.1) is 0 Å². The molecule has 2 aromatic carbocycles. The molecule has 0 aliphatic carbocycles. The van der Waals surface area contributed by atoms with Crippen molar-refractivity contribution in [3.63, 3.8) is 0 Å². The number of benzene rings is 2. The van der Waals surface area contributed by atoms with Crippen molar-refractivity contribution in [1.29, 1.82) is 0 Å². The highest BCUT2D eigenvalue weighted by Gasteiger charge is 2.20. The molecule has 4 rings (SSSR count). The molecular weight excluding hydrogens is 393 g/mol. The van der Waals surface area contributed by atoms with E-state index in [2.05, 4.69) is 17.4 Å². The van der Waals surface area contributed by atoms with E-state index in [0.717, 1.165) is 55.2 Å². The molecule has 0 saturated heterocycles. The van der Waals surface area contributed by atoms with Crippen LogP contribution in [0.4, 0.5) is 5.82 Å². The molecule has 0 atom stereocenters. The first-order valence-electron chi connectivity index (χ1n) is 9.58. The van der Waals surface area contributed by atoms with E-state index < -0.39 is 0 Å². The van der Waals surface area contributed by atoms with Gasteiger partial charge in [-0.05, 0) is 68.0 Å². The van der Waals surface area contributed by atoms with Crippen LogP contribution < -0.4 is 10.1 Å². The first kappa shape index (κ1) is 19.2. The fraction of sp³-hybridized carbons (Fsp3) is 0.318. The second-order valence-corrected chi connectivity index (χ2v) is 7.83. The molecule has 0 unspecified atom stereocenters. The maximum Gasteiger partial charge on any atom is 0.133 e. The van der Waals surface area contributed by atoms with Gasteiger partial charge in [0.15, 0.2) is 0 Å². The molecule has 1 aliphatic heterocycles. The minimum atomic E-state index is 0.539. The SMILES string of the molecule is COc1ccc(CCc2nn(-c3ccc(Cl)c(Cl)c3)c3c2CCCCN3)cc1. The molecular formula is C22H23Cl2N3O. The second-order valence-electron chi connectivity index (χ2n) is 7.02. The van der Waals surface area contributed by atoms with E-state index in [1.807, 2.05) is 35.0 Å². The smallest absolute Gasteiger partial charge is 0.133 e. The lowest BCUT2D eigenvalue weighted by Gasteiger charge is -2.10. The van der Waals surface area contributed by atoms with Crippen LogP contribution in [0.2, 0.25) is 10.0 Å². The van der Waals surface area contributed by atoms with Gasteiger partial charge in [0.1, 0.15) is 11.6 Å². The van der Waals surface area contributed by atoms with E-state index in [-0.39, 0.29) is 0 Å². The lowest BCUT2D eigenvalue weighted by molar-refractivity contribution is 0.414. The maximum absolute atomic E-state index is 6.25. The molecule has 3 aromatic rings. The molecule has 4 nitrogen and oxygen atoms in total. The molecule has 0 radical (unpaired) electrons. The van der Waals surface area contributed by atoms with Crippen molar-refractivity contribution < 1.29 is 4.74 Å². The first-order valence-corrected chi connectivity index (χ1v) is 10.3. The van der Waals surface area contributed by atoms with Crippen LogP contribution in [0.5, 0.6) is 5.75 Å². The molecule has 0 amide bonds. The number of nitrogens with one attached hydrogen (secondary N) is 1. The van der Waals surface area contributed by atoms with Gasteiger partial charge in [-0.3, -0.25) is 0 Å².